The quantitative estimate of drug-likeness (QED) is 0.667. The van der Waals surface area contributed by atoms with Gasteiger partial charge < -0.3 is 10.1 Å². The molecule has 11 heteroatoms. The third-order valence-electron chi connectivity index (χ3n) is 4.94. The van der Waals surface area contributed by atoms with Gasteiger partial charge in [0, 0.05) is 12.0 Å². The van der Waals surface area contributed by atoms with E-state index in [1.807, 2.05) is 13.8 Å². The number of nitrogens with zero attached hydrogens (tertiary/aromatic N) is 1. The summed E-state index contributed by atoms with van der Waals surface area (Å²) in [4.78, 5) is 12.8. The first-order chi connectivity index (χ1) is 14.7. The largest absolute Gasteiger partial charge is 0.487 e. The molecule has 0 fully saturated rings. The SMILES string of the molecule is CC1(C)CC(NC(=O)CN(c2cc(C(F)(F)F)ccc2Cl)S(C)(=O)=O)c2ccccc2O1. The van der Waals surface area contributed by atoms with Gasteiger partial charge >= 0.3 is 6.18 Å². The Morgan fingerprint density at radius 3 is 2.53 bits per heavy atom. The van der Waals surface area contributed by atoms with Crippen molar-refractivity contribution in [3.63, 3.8) is 0 Å². The number of halogens is 4. The average molecular weight is 491 g/mol. The second kappa shape index (κ2) is 8.47. The van der Waals surface area contributed by atoms with Crippen molar-refractivity contribution < 1.29 is 31.1 Å². The molecule has 174 valence electrons. The van der Waals surface area contributed by atoms with Gasteiger partial charge in [-0.3, -0.25) is 9.10 Å². The van der Waals surface area contributed by atoms with Gasteiger partial charge in [-0.2, -0.15) is 13.2 Å². The summed E-state index contributed by atoms with van der Waals surface area (Å²) >= 11 is 6.01. The third kappa shape index (κ3) is 5.47. The van der Waals surface area contributed by atoms with Gasteiger partial charge in [0.25, 0.3) is 0 Å². The summed E-state index contributed by atoms with van der Waals surface area (Å²) in [5.41, 5.74) is -1.37. The van der Waals surface area contributed by atoms with Crippen molar-refractivity contribution in [3.8, 4) is 5.75 Å². The number of hydrogen-bond donors (Lipinski definition) is 1. The number of anilines is 1. The highest BCUT2D eigenvalue weighted by Gasteiger charge is 2.36. The number of nitrogens with one attached hydrogen (secondary N) is 1. The summed E-state index contributed by atoms with van der Waals surface area (Å²) in [6.45, 7) is 2.97. The van der Waals surface area contributed by atoms with Crippen LogP contribution >= 0.6 is 11.6 Å². The van der Waals surface area contributed by atoms with E-state index in [9.17, 15) is 26.4 Å². The summed E-state index contributed by atoms with van der Waals surface area (Å²) in [6.07, 6.45) is -3.50. The van der Waals surface area contributed by atoms with Gasteiger partial charge in [-0.25, -0.2) is 8.42 Å². The van der Waals surface area contributed by atoms with Crippen LogP contribution in [0.15, 0.2) is 42.5 Å². The number of fused-ring (bicyclic) bond motifs is 1. The monoisotopic (exact) mass is 490 g/mol. The molecule has 0 saturated carbocycles. The number of rotatable bonds is 5. The summed E-state index contributed by atoms with van der Waals surface area (Å²) in [5, 5.41) is 2.55. The molecule has 1 amide bonds. The molecule has 2 aromatic rings. The molecular formula is C21H22ClF3N2O4S. The predicted molar refractivity (Wildman–Crippen MR) is 115 cm³/mol. The Morgan fingerprint density at radius 2 is 1.91 bits per heavy atom. The lowest BCUT2D eigenvalue weighted by atomic mass is 9.89. The molecule has 0 bridgehead atoms. The summed E-state index contributed by atoms with van der Waals surface area (Å²) in [7, 11) is -4.13. The highest BCUT2D eigenvalue weighted by atomic mass is 35.5. The van der Waals surface area contributed by atoms with Crippen molar-refractivity contribution >= 4 is 33.2 Å². The van der Waals surface area contributed by atoms with Crippen LogP contribution in [0.2, 0.25) is 5.02 Å². The Bertz CT molecular complexity index is 1140. The van der Waals surface area contributed by atoms with Crippen molar-refractivity contribution in [1.82, 2.24) is 5.32 Å². The first kappa shape index (κ1) is 24.2. The average Bonchev–Trinajstić information content (AvgIpc) is 2.64. The molecule has 1 heterocycles. The number of ether oxygens (including phenoxy) is 1. The minimum atomic E-state index is -4.71. The van der Waals surface area contributed by atoms with Gasteiger partial charge in [-0.1, -0.05) is 29.8 Å². The van der Waals surface area contributed by atoms with Crippen molar-refractivity contribution in [2.45, 2.75) is 38.1 Å². The maximum Gasteiger partial charge on any atom is 0.416 e. The molecule has 0 saturated heterocycles. The smallest absolute Gasteiger partial charge is 0.416 e. The fourth-order valence-corrected chi connectivity index (χ4v) is 4.69. The zero-order valence-corrected chi connectivity index (χ0v) is 19.1. The van der Waals surface area contributed by atoms with Gasteiger partial charge in [0.2, 0.25) is 15.9 Å². The summed E-state index contributed by atoms with van der Waals surface area (Å²) in [6, 6.07) is 8.96. The molecule has 1 N–H and O–H groups in total. The van der Waals surface area contributed by atoms with Gasteiger partial charge in [0.1, 0.15) is 17.9 Å². The minimum absolute atomic E-state index is 0.228. The van der Waals surface area contributed by atoms with Crippen LogP contribution in [0.3, 0.4) is 0 Å². The maximum absolute atomic E-state index is 13.1. The van der Waals surface area contributed by atoms with E-state index in [0.717, 1.165) is 24.0 Å². The second-order valence-corrected chi connectivity index (χ2v) is 10.5. The van der Waals surface area contributed by atoms with Crippen LogP contribution in [0.1, 0.15) is 37.4 Å². The number of carbonyl (C=O) groups is 1. The van der Waals surface area contributed by atoms with E-state index in [1.165, 1.54) is 0 Å². The third-order valence-corrected chi connectivity index (χ3v) is 6.39. The zero-order valence-electron chi connectivity index (χ0n) is 17.5. The molecule has 32 heavy (non-hydrogen) atoms. The van der Waals surface area contributed by atoms with Gasteiger partial charge in [-0.05, 0) is 38.1 Å². The molecule has 1 unspecified atom stereocenters. The van der Waals surface area contributed by atoms with Crippen LogP contribution in [-0.4, -0.2) is 32.7 Å². The Hall–Kier alpha value is -2.46. The predicted octanol–water partition coefficient (Wildman–Crippen LogP) is 4.54. The maximum atomic E-state index is 13.1. The molecule has 1 aliphatic rings. The fraction of sp³-hybridized carbons (Fsp3) is 0.381. The number of sulfonamides is 1. The van der Waals surface area contributed by atoms with E-state index in [1.54, 1.807) is 24.3 Å². The van der Waals surface area contributed by atoms with Crippen LogP contribution in [0.25, 0.3) is 0 Å². The van der Waals surface area contributed by atoms with Crippen LogP contribution in [0, 0.1) is 0 Å². The van der Waals surface area contributed by atoms with E-state index in [-0.39, 0.29) is 5.02 Å². The van der Waals surface area contributed by atoms with E-state index in [0.29, 0.717) is 22.5 Å². The van der Waals surface area contributed by atoms with E-state index in [4.69, 9.17) is 16.3 Å². The molecule has 6 nitrogen and oxygen atoms in total. The van der Waals surface area contributed by atoms with Gasteiger partial charge in [0.05, 0.1) is 28.6 Å². The molecule has 0 aromatic heterocycles. The Kier molecular flexibility index (Phi) is 6.41. The molecule has 2 aromatic carbocycles. The summed E-state index contributed by atoms with van der Waals surface area (Å²) in [5.74, 6) is -0.101. The van der Waals surface area contributed by atoms with Gasteiger partial charge in [-0.15, -0.1) is 0 Å². The molecule has 0 spiro atoms. The van der Waals surface area contributed by atoms with E-state index < -0.39 is 51.5 Å². The van der Waals surface area contributed by atoms with Crippen LogP contribution < -0.4 is 14.4 Å². The second-order valence-electron chi connectivity index (χ2n) is 8.16. The number of alkyl halides is 3. The number of hydrogen-bond acceptors (Lipinski definition) is 4. The van der Waals surface area contributed by atoms with Crippen molar-refractivity contribution in [2.75, 3.05) is 17.1 Å². The zero-order chi connectivity index (χ0) is 23.9. The Balaban J connectivity index is 1.90. The van der Waals surface area contributed by atoms with Gasteiger partial charge in [0.15, 0.2) is 0 Å². The first-order valence-electron chi connectivity index (χ1n) is 9.59. The first-order valence-corrected chi connectivity index (χ1v) is 11.8. The molecular weight excluding hydrogens is 469 g/mol. The lowest BCUT2D eigenvalue weighted by Crippen LogP contribution is -2.45. The van der Waals surface area contributed by atoms with E-state index in [2.05, 4.69) is 5.32 Å². The van der Waals surface area contributed by atoms with Crippen LogP contribution in [-0.2, 0) is 21.0 Å². The lowest BCUT2D eigenvalue weighted by Gasteiger charge is -2.38. The minimum Gasteiger partial charge on any atom is -0.487 e. The number of amides is 1. The number of benzene rings is 2. The van der Waals surface area contributed by atoms with Crippen molar-refractivity contribution in [3.05, 3.63) is 58.6 Å². The Morgan fingerprint density at radius 1 is 1.25 bits per heavy atom. The topological polar surface area (TPSA) is 75.7 Å². The highest BCUT2D eigenvalue weighted by molar-refractivity contribution is 7.92. The lowest BCUT2D eigenvalue weighted by molar-refractivity contribution is -0.137. The molecule has 0 radical (unpaired) electrons. The van der Waals surface area contributed by atoms with Crippen LogP contribution in [0.4, 0.5) is 18.9 Å². The molecule has 1 atom stereocenters. The standard InChI is InChI=1S/C21H22ClF3N2O4S/c1-20(2)11-16(14-6-4-5-7-18(14)31-20)26-19(28)12-27(32(3,29)30)17-10-13(21(23,24)25)8-9-15(17)22/h4-10,16H,11-12H2,1-3H3,(H,26,28). The van der Waals surface area contributed by atoms with E-state index >= 15 is 0 Å². The highest BCUT2D eigenvalue weighted by Crippen LogP contribution is 2.39. The summed E-state index contributed by atoms with van der Waals surface area (Å²) < 4.78 is 70.6. The molecule has 3 rings (SSSR count). The normalized spacial score (nSPS) is 17.8. The molecule has 1 aliphatic heterocycles. The fourth-order valence-electron chi connectivity index (χ4n) is 3.56. The van der Waals surface area contributed by atoms with Crippen molar-refractivity contribution in [1.29, 1.82) is 0 Å². The number of para-hydroxylation sites is 1. The Labute approximate surface area is 189 Å². The number of carbonyl (C=O) groups excluding carboxylic acids is 1. The molecule has 0 aliphatic carbocycles. The van der Waals surface area contributed by atoms with Crippen molar-refractivity contribution in [2.24, 2.45) is 0 Å². The van der Waals surface area contributed by atoms with Crippen LogP contribution in [0.5, 0.6) is 5.75 Å².